The van der Waals surface area contributed by atoms with Gasteiger partial charge in [0, 0.05) is 0 Å². The maximum Gasteiger partial charge on any atom is 0.339 e. The summed E-state index contributed by atoms with van der Waals surface area (Å²) in [4.78, 5) is 39.9. The van der Waals surface area contributed by atoms with Gasteiger partial charge in [0.25, 0.3) is 0 Å². The highest BCUT2D eigenvalue weighted by Gasteiger charge is 2.48. The summed E-state index contributed by atoms with van der Waals surface area (Å²) >= 11 is 0. The first-order chi connectivity index (χ1) is 33.3. The minimum Gasteiger partial charge on any atom is -0.462 e. The first-order valence-electron chi connectivity index (χ1n) is 21.7. The van der Waals surface area contributed by atoms with Gasteiger partial charge in [-0.2, -0.15) is 0 Å². The average molecular weight is 997 g/mol. The maximum atomic E-state index is 13.6. The summed E-state index contributed by atoms with van der Waals surface area (Å²) in [7, 11) is 0. The van der Waals surface area contributed by atoms with Crippen molar-refractivity contribution >= 4 is 17.9 Å². The zero-order chi connectivity index (χ0) is 50.9. The molecule has 3 aromatic carbocycles. The number of ether oxygens (including phenoxy) is 9. The second-order valence-electron chi connectivity index (χ2n) is 16.7. The SMILES string of the molecule is O=C(CC(O)(CC(=O)OCc1ccc(OC2O[C@H](CO)[C@@H](O)[C@H](O)[C@H]2O)cc1)C(=O)OCc1ccc(OC2O[C@H](CO)[C@@H](O)[C@H](O)[C@H]2O)cc1)OCc1ccc(OC2O[C@H](CO)[C@@H](O)[C@H](O)[C@H]2O)cc1. The molecule has 0 saturated carbocycles. The molecule has 0 bridgehead atoms. The first-order valence-corrected chi connectivity index (χ1v) is 21.7. The van der Waals surface area contributed by atoms with Crippen LogP contribution in [0.2, 0.25) is 0 Å². The molecular weight excluding hydrogens is 940 g/mol. The Hall–Kier alpha value is -5.17. The Morgan fingerprint density at radius 1 is 0.414 bits per heavy atom. The van der Waals surface area contributed by atoms with Crippen LogP contribution in [0.3, 0.4) is 0 Å². The molecule has 15 atom stereocenters. The van der Waals surface area contributed by atoms with Gasteiger partial charge in [-0.1, -0.05) is 36.4 Å². The topological polar surface area (TPSA) is 397 Å². The van der Waals surface area contributed by atoms with Crippen molar-refractivity contribution in [2.45, 2.75) is 130 Å². The van der Waals surface area contributed by atoms with Crippen molar-refractivity contribution in [2.24, 2.45) is 0 Å². The standard InChI is InChI=1S/C45H56O25/c46-15-27-32(51)35(54)38(57)41(68-27)65-24-7-1-21(2-8-24)18-62-30(49)13-45(61,44(60)64-20-23-5-11-26(12-6-23)67-43-40(59)37(56)34(53)29(17-48)70-43)14-31(50)63-19-22-3-9-25(10-4-22)66-42-39(58)36(55)33(52)28(16-47)69-42/h1-12,27-29,32-43,46-48,51-59,61H,13-20H2/t27-,28-,29-,32-,33-,34-,35+,36+,37+,38-,39-,40-,41?,42?,43?,45?/m1/s1. The molecule has 25 heteroatoms. The fraction of sp³-hybridized carbons (Fsp3) is 0.533. The molecule has 0 amide bonds. The predicted molar refractivity (Wildman–Crippen MR) is 226 cm³/mol. The summed E-state index contributed by atoms with van der Waals surface area (Å²) in [5, 5.41) is 131. The van der Waals surface area contributed by atoms with Crippen molar-refractivity contribution in [3.05, 3.63) is 89.5 Å². The van der Waals surface area contributed by atoms with Gasteiger partial charge in [0.2, 0.25) is 18.9 Å². The minimum atomic E-state index is -2.85. The number of hydrogen-bond donors (Lipinski definition) is 13. The molecule has 3 aliphatic rings. The summed E-state index contributed by atoms with van der Waals surface area (Å²) < 4.78 is 48.6. The van der Waals surface area contributed by atoms with Crippen molar-refractivity contribution in [3.8, 4) is 17.2 Å². The van der Waals surface area contributed by atoms with Gasteiger partial charge >= 0.3 is 17.9 Å². The molecule has 3 saturated heterocycles. The summed E-state index contributed by atoms with van der Waals surface area (Å²) in [5.74, 6) is -3.41. The second-order valence-corrected chi connectivity index (χ2v) is 16.7. The molecule has 3 aromatic rings. The number of carbonyl (C=O) groups is 3. The molecule has 0 aliphatic carbocycles. The van der Waals surface area contributed by atoms with Crippen molar-refractivity contribution in [1.82, 2.24) is 0 Å². The Kier molecular flexibility index (Phi) is 18.8. The van der Waals surface area contributed by atoms with Crippen LogP contribution in [0, 0.1) is 0 Å². The van der Waals surface area contributed by atoms with Crippen LogP contribution in [0.5, 0.6) is 17.2 Å². The van der Waals surface area contributed by atoms with Crippen molar-refractivity contribution in [3.63, 3.8) is 0 Å². The van der Waals surface area contributed by atoms with Gasteiger partial charge in [-0.15, -0.1) is 0 Å². The molecule has 386 valence electrons. The fourth-order valence-corrected chi connectivity index (χ4v) is 7.29. The fourth-order valence-electron chi connectivity index (χ4n) is 7.29. The normalized spacial score (nSPS) is 31.9. The number of carbonyl (C=O) groups excluding carboxylic acids is 3. The van der Waals surface area contributed by atoms with Gasteiger partial charge < -0.3 is 109 Å². The van der Waals surface area contributed by atoms with Gasteiger partial charge in [-0.05, 0) is 53.1 Å². The Labute approximate surface area is 397 Å². The Bertz CT molecular complexity index is 2040. The van der Waals surface area contributed by atoms with E-state index in [1.807, 2.05) is 0 Å². The molecule has 0 aromatic heterocycles. The second kappa shape index (κ2) is 24.3. The number of aliphatic hydroxyl groups is 13. The van der Waals surface area contributed by atoms with Gasteiger partial charge in [-0.25, -0.2) is 4.79 Å². The van der Waals surface area contributed by atoms with Gasteiger partial charge in [0.15, 0.2) is 5.60 Å². The Morgan fingerprint density at radius 3 is 0.957 bits per heavy atom. The molecule has 3 heterocycles. The Balaban J connectivity index is 1.07. The maximum absolute atomic E-state index is 13.6. The lowest BCUT2D eigenvalue weighted by atomic mass is 9.95. The van der Waals surface area contributed by atoms with Crippen molar-refractivity contribution in [1.29, 1.82) is 0 Å². The number of hydrogen-bond acceptors (Lipinski definition) is 25. The third kappa shape index (κ3) is 13.4. The van der Waals surface area contributed by atoms with Gasteiger partial charge in [0.1, 0.15) is 110 Å². The van der Waals surface area contributed by atoms with Crippen LogP contribution < -0.4 is 14.2 Å². The van der Waals surface area contributed by atoms with Gasteiger partial charge in [-0.3, -0.25) is 9.59 Å². The zero-order valence-corrected chi connectivity index (χ0v) is 37.0. The molecule has 25 nitrogen and oxygen atoms in total. The molecule has 70 heavy (non-hydrogen) atoms. The largest absolute Gasteiger partial charge is 0.462 e. The summed E-state index contributed by atoms with van der Waals surface area (Å²) in [5.41, 5.74) is -1.82. The van der Waals surface area contributed by atoms with E-state index in [9.17, 15) is 80.8 Å². The van der Waals surface area contributed by atoms with Crippen LogP contribution in [-0.4, -0.2) is 202 Å². The predicted octanol–water partition coefficient (Wildman–Crippen LogP) is -4.74. The highest BCUT2D eigenvalue weighted by Crippen LogP contribution is 2.29. The molecule has 3 aliphatic heterocycles. The quantitative estimate of drug-likeness (QED) is 0.0373. The third-order valence-electron chi connectivity index (χ3n) is 11.5. The first kappa shape index (κ1) is 54.2. The number of esters is 3. The zero-order valence-electron chi connectivity index (χ0n) is 37.0. The highest BCUT2D eigenvalue weighted by atomic mass is 16.7. The lowest BCUT2D eigenvalue weighted by Crippen LogP contribution is -2.60. The van der Waals surface area contributed by atoms with E-state index in [2.05, 4.69) is 0 Å². The van der Waals surface area contributed by atoms with E-state index in [1.165, 1.54) is 72.8 Å². The van der Waals surface area contributed by atoms with Crippen LogP contribution in [0.15, 0.2) is 72.8 Å². The molecular formula is C45H56O25. The van der Waals surface area contributed by atoms with E-state index in [0.29, 0.717) is 16.7 Å². The van der Waals surface area contributed by atoms with E-state index >= 15 is 0 Å². The minimum absolute atomic E-state index is 0.0911. The highest BCUT2D eigenvalue weighted by molar-refractivity contribution is 5.90. The molecule has 3 unspecified atom stereocenters. The summed E-state index contributed by atoms with van der Waals surface area (Å²) in [6.07, 6.45) is -25.1. The van der Waals surface area contributed by atoms with E-state index in [1.54, 1.807) is 0 Å². The molecule has 6 rings (SSSR count). The lowest BCUT2D eigenvalue weighted by molar-refractivity contribution is -0.277. The molecule has 0 radical (unpaired) electrons. The summed E-state index contributed by atoms with van der Waals surface area (Å²) in [6.45, 7) is -3.36. The number of benzene rings is 3. The number of aliphatic hydroxyl groups excluding tert-OH is 12. The lowest BCUT2D eigenvalue weighted by Gasteiger charge is -2.39. The third-order valence-corrected chi connectivity index (χ3v) is 11.5. The van der Waals surface area contributed by atoms with Crippen LogP contribution in [0.25, 0.3) is 0 Å². The van der Waals surface area contributed by atoms with E-state index in [4.69, 9.17) is 42.6 Å². The smallest absolute Gasteiger partial charge is 0.339 e. The van der Waals surface area contributed by atoms with Crippen LogP contribution in [-0.2, 0) is 62.6 Å². The van der Waals surface area contributed by atoms with E-state index in [0.717, 1.165) is 0 Å². The van der Waals surface area contributed by atoms with E-state index in [-0.39, 0.29) is 17.2 Å². The number of rotatable bonds is 20. The Morgan fingerprint density at radius 2 is 0.686 bits per heavy atom. The van der Waals surface area contributed by atoms with Gasteiger partial charge in [0.05, 0.1) is 32.7 Å². The van der Waals surface area contributed by atoms with Crippen molar-refractivity contribution in [2.75, 3.05) is 19.8 Å². The monoisotopic (exact) mass is 996 g/mol. The molecule has 3 fully saturated rings. The average Bonchev–Trinajstić information content (AvgIpc) is 3.35. The molecule has 13 N–H and O–H groups in total. The van der Waals surface area contributed by atoms with Crippen molar-refractivity contribution < 1.29 is 123 Å². The summed E-state index contributed by atoms with van der Waals surface area (Å²) in [6, 6.07) is 16.9. The van der Waals surface area contributed by atoms with Crippen LogP contribution in [0.4, 0.5) is 0 Å². The van der Waals surface area contributed by atoms with E-state index < -0.39 is 168 Å². The van der Waals surface area contributed by atoms with Crippen LogP contribution in [0.1, 0.15) is 29.5 Å². The molecule has 0 spiro atoms. The van der Waals surface area contributed by atoms with Crippen LogP contribution >= 0.6 is 0 Å².